The number of carbonyl (C=O) groups excluding carboxylic acids is 1. The van der Waals surface area contributed by atoms with Gasteiger partial charge in [-0.1, -0.05) is 48.5 Å². The van der Waals surface area contributed by atoms with Gasteiger partial charge >= 0.3 is 0 Å². The molecule has 0 saturated carbocycles. The number of hydrogen-bond acceptors (Lipinski definition) is 4. The van der Waals surface area contributed by atoms with Crippen LogP contribution in [0.3, 0.4) is 0 Å². The van der Waals surface area contributed by atoms with E-state index in [1.54, 1.807) is 6.20 Å². The van der Waals surface area contributed by atoms with Crippen LogP contribution in [0.5, 0.6) is 0 Å². The Hall–Kier alpha value is -3.67. The number of aliphatic imine (C=N–C) groups is 1. The summed E-state index contributed by atoms with van der Waals surface area (Å²) in [5, 5.41) is 7.08. The molecule has 1 aromatic heterocycles. The van der Waals surface area contributed by atoms with Gasteiger partial charge in [-0.25, -0.2) is 4.98 Å². The molecular weight excluding hydrogens is 374 g/mol. The van der Waals surface area contributed by atoms with E-state index in [1.807, 2.05) is 65.6 Å². The summed E-state index contributed by atoms with van der Waals surface area (Å²) in [6.07, 6.45) is 2.54. The van der Waals surface area contributed by atoms with Gasteiger partial charge in [0.2, 0.25) is 0 Å². The van der Waals surface area contributed by atoms with Crippen LogP contribution in [0, 0.1) is 0 Å². The average molecular weight is 397 g/mol. The summed E-state index contributed by atoms with van der Waals surface area (Å²) in [5.41, 5.74) is 2.34. The first-order valence-corrected chi connectivity index (χ1v) is 10.2. The van der Waals surface area contributed by atoms with Crippen LogP contribution in [-0.4, -0.2) is 40.3 Å². The molecule has 0 aliphatic carbocycles. The predicted octanol–water partition coefficient (Wildman–Crippen LogP) is 3.80. The fourth-order valence-electron chi connectivity index (χ4n) is 4.14. The zero-order chi connectivity index (χ0) is 20.4. The maximum Gasteiger partial charge on any atom is 0.253 e. The maximum atomic E-state index is 13.0. The second-order valence-corrected chi connectivity index (χ2v) is 7.72. The molecule has 1 fully saturated rings. The Bertz CT molecular complexity index is 1080. The van der Waals surface area contributed by atoms with Crippen molar-refractivity contribution in [2.24, 2.45) is 4.99 Å². The van der Waals surface area contributed by atoms with Crippen LogP contribution in [0.4, 0.5) is 11.5 Å². The lowest BCUT2D eigenvalue weighted by atomic mass is 9.93. The molecule has 0 unspecified atom stereocenters. The molecular formula is C24H23N5O. The van der Waals surface area contributed by atoms with E-state index >= 15 is 0 Å². The average Bonchev–Trinajstić information content (AvgIpc) is 3.23. The van der Waals surface area contributed by atoms with Crippen molar-refractivity contribution in [3.05, 3.63) is 90.1 Å². The number of benzene rings is 2. The van der Waals surface area contributed by atoms with Crippen molar-refractivity contribution in [2.75, 3.05) is 23.7 Å². The summed E-state index contributed by atoms with van der Waals surface area (Å²) in [5.74, 6) is 1.65. The minimum Gasteiger partial charge on any atom is -0.368 e. The molecule has 2 aliphatic rings. The summed E-state index contributed by atoms with van der Waals surface area (Å²) < 4.78 is 0. The zero-order valence-corrected chi connectivity index (χ0v) is 16.6. The van der Waals surface area contributed by atoms with Gasteiger partial charge in [-0.15, -0.1) is 0 Å². The number of anilines is 2. The van der Waals surface area contributed by atoms with Gasteiger partial charge in [0.15, 0.2) is 5.82 Å². The molecule has 1 atom stereocenters. The number of amidine groups is 1. The van der Waals surface area contributed by atoms with Crippen molar-refractivity contribution in [1.82, 2.24) is 9.88 Å². The molecule has 2 aromatic carbocycles. The molecule has 0 bridgehead atoms. The molecule has 150 valence electrons. The number of pyridine rings is 1. The summed E-state index contributed by atoms with van der Waals surface area (Å²) in [4.78, 5) is 24.3. The number of likely N-dealkylation sites (tertiary alicyclic amines) is 1. The Labute approximate surface area is 175 Å². The van der Waals surface area contributed by atoms with Gasteiger partial charge in [-0.2, -0.15) is 0 Å². The standard InChI is InChI=1S/C24H23N5O/c30-22(19-10-5-2-6-11-19)29-15-13-24(17-29)23(26-16-18-8-3-1-4-9-18)27-21-20(28-24)12-7-14-25-21/h1-12,14,28H,13,15-17H2,(H,25,26,27)/t24-/m1/s1. The number of rotatable bonds is 3. The molecule has 3 aromatic rings. The van der Waals surface area contributed by atoms with Gasteiger partial charge in [-0.3, -0.25) is 9.79 Å². The maximum absolute atomic E-state index is 13.0. The number of aromatic nitrogens is 1. The Balaban J connectivity index is 1.45. The molecule has 30 heavy (non-hydrogen) atoms. The Morgan fingerprint density at radius 3 is 2.60 bits per heavy atom. The molecule has 6 nitrogen and oxygen atoms in total. The number of carbonyl (C=O) groups is 1. The molecule has 2 aliphatic heterocycles. The molecule has 1 amide bonds. The smallest absolute Gasteiger partial charge is 0.253 e. The molecule has 3 heterocycles. The highest BCUT2D eigenvalue weighted by Gasteiger charge is 2.47. The second kappa shape index (κ2) is 7.63. The third-order valence-electron chi connectivity index (χ3n) is 5.71. The number of amides is 1. The summed E-state index contributed by atoms with van der Waals surface area (Å²) in [6.45, 7) is 1.79. The van der Waals surface area contributed by atoms with E-state index in [0.29, 0.717) is 25.2 Å². The Kier molecular flexibility index (Phi) is 4.67. The monoisotopic (exact) mass is 397 g/mol. The number of fused-ring (bicyclic) bond motifs is 1. The molecule has 0 radical (unpaired) electrons. The molecule has 2 N–H and O–H groups in total. The molecule has 6 heteroatoms. The van der Waals surface area contributed by atoms with E-state index in [4.69, 9.17) is 4.99 Å². The highest BCUT2D eigenvalue weighted by Crippen LogP contribution is 2.36. The first-order chi connectivity index (χ1) is 14.7. The van der Waals surface area contributed by atoms with Crippen LogP contribution in [0.2, 0.25) is 0 Å². The van der Waals surface area contributed by atoms with Crippen molar-refractivity contribution in [3.63, 3.8) is 0 Å². The Morgan fingerprint density at radius 2 is 1.80 bits per heavy atom. The minimum atomic E-state index is -0.449. The molecule has 1 spiro atoms. The van der Waals surface area contributed by atoms with E-state index in [-0.39, 0.29) is 5.91 Å². The van der Waals surface area contributed by atoms with E-state index < -0.39 is 5.54 Å². The fourth-order valence-corrected chi connectivity index (χ4v) is 4.14. The minimum absolute atomic E-state index is 0.0497. The van der Waals surface area contributed by atoms with Crippen LogP contribution in [0.1, 0.15) is 22.3 Å². The van der Waals surface area contributed by atoms with Gasteiger partial charge in [-0.05, 0) is 36.2 Å². The van der Waals surface area contributed by atoms with E-state index in [9.17, 15) is 4.79 Å². The number of nitrogens with one attached hydrogen (secondary N) is 2. The van der Waals surface area contributed by atoms with Crippen LogP contribution >= 0.6 is 0 Å². The van der Waals surface area contributed by atoms with E-state index in [1.165, 1.54) is 0 Å². The predicted molar refractivity (Wildman–Crippen MR) is 119 cm³/mol. The van der Waals surface area contributed by atoms with E-state index in [0.717, 1.165) is 29.3 Å². The summed E-state index contributed by atoms with van der Waals surface area (Å²) in [6, 6.07) is 23.5. The number of nitrogens with zero attached hydrogens (tertiary/aromatic N) is 3. The highest BCUT2D eigenvalue weighted by atomic mass is 16.2. The Morgan fingerprint density at radius 1 is 1.03 bits per heavy atom. The van der Waals surface area contributed by atoms with Crippen LogP contribution < -0.4 is 10.6 Å². The molecule has 5 rings (SSSR count). The van der Waals surface area contributed by atoms with Gasteiger partial charge in [0.05, 0.1) is 18.8 Å². The number of hydrogen-bond donors (Lipinski definition) is 2. The zero-order valence-electron chi connectivity index (χ0n) is 16.6. The van der Waals surface area contributed by atoms with Crippen LogP contribution in [0.25, 0.3) is 0 Å². The normalized spacial score (nSPS) is 21.2. The summed E-state index contributed by atoms with van der Waals surface area (Å²) >= 11 is 0. The lowest BCUT2D eigenvalue weighted by Crippen LogP contribution is -2.55. The second-order valence-electron chi connectivity index (χ2n) is 7.72. The van der Waals surface area contributed by atoms with Gasteiger partial charge in [0.25, 0.3) is 5.91 Å². The fraction of sp³-hybridized carbons (Fsp3) is 0.208. The third kappa shape index (κ3) is 3.41. The summed E-state index contributed by atoms with van der Waals surface area (Å²) in [7, 11) is 0. The lowest BCUT2D eigenvalue weighted by Gasteiger charge is -2.38. The third-order valence-corrected chi connectivity index (χ3v) is 5.71. The van der Waals surface area contributed by atoms with Crippen molar-refractivity contribution in [1.29, 1.82) is 0 Å². The first-order valence-electron chi connectivity index (χ1n) is 10.2. The van der Waals surface area contributed by atoms with Crippen molar-refractivity contribution >= 4 is 23.2 Å². The SMILES string of the molecule is O=C(c1ccccc1)N1CC[C@]2(C1)Nc1cccnc1NC2=NCc1ccccc1. The highest BCUT2D eigenvalue weighted by molar-refractivity contribution is 6.09. The van der Waals surface area contributed by atoms with Crippen molar-refractivity contribution in [2.45, 2.75) is 18.5 Å². The van der Waals surface area contributed by atoms with Crippen LogP contribution in [-0.2, 0) is 6.54 Å². The first kappa shape index (κ1) is 18.4. The molecule has 1 saturated heterocycles. The van der Waals surface area contributed by atoms with Crippen molar-refractivity contribution in [3.8, 4) is 0 Å². The van der Waals surface area contributed by atoms with Gasteiger partial charge in [0.1, 0.15) is 11.4 Å². The lowest BCUT2D eigenvalue weighted by molar-refractivity contribution is 0.0789. The topological polar surface area (TPSA) is 69.6 Å². The van der Waals surface area contributed by atoms with E-state index in [2.05, 4.69) is 27.8 Å². The quantitative estimate of drug-likeness (QED) is 0.705. The van der Waals surface area contributed by atoms with Crippen molar-refractivity contribution < 1.29 is 4.79 Å². The largest absolute Gasteiger partial charge is 0.368 e. The van der Waals surface area contributed by atoms with Gasteiger partial charge in [0, 0.05) is 18.3 Å². The van der Waals surface area contributed by atoms with Gasteiger partial charge < -0.3 is 15.5 Å². The van der Waals surface area contributed by atoms with Crippen LogP contribution in [0.15, 0.2) is 84.0 Å².